The lowest BCUT2D eigenvalue weighted by Gasteiger charge is -2.29. The Balaban J connectivity index is 1.37. The lowest BCUT2D eigenvalue weighted by atomic mass is 10.1. The number of amides is 2. The molecule has 1 atom stereocenters. The van der Waals surface area contributed by atoms with E-state index in [1.165, 1.54) is 27.3 Å². The third-order valence-corrected chi connectivity index (χ3v) is 7.09. The van der Waals surface area contributed by atoms with Crippen LogP contribution in [0.1, 0.15) is 17.4 Å². The number of benzene rings is 2. The number of anilines is 1. The third-order valence-electron chi connectivity index (χ3n) is 6.22. The molecule has 2 aromatic carbocycles. The zero-order valence-electron chi connectivity index (χ0n) is 21.1. The van der Waals surface area contributed by atoms with Gasteiger partial charge in [-0.2, -0.15) is 4.80 Å². The number of fused-ring (bicyclic) bond motifs is 1. The van der Waals surface area contributed by atoms with Gasteiger partial charge in [0.15, 0.2) is 6.04 Å². The van der Waals surface area contributed by atoms with Crippen LogP contribution >= 0.6 is 11.3 Å². The van der Waals surface area contributed by atoms with Crippen molar-refractivity contribution in [2.75, 3.05) is 4.90 Å². The predicted molar refractivity (Wildman–Crippen MR) is 150 cm³/mol. The van der Waals surface area contributed by atoms with Crippen LogP contribution in [0.5, 0.6) is 0 Å². The molecule has 0 saturated carbocycles. The number of hydrogen-bond donors (Lipinski definition) is 1. The first-order chi connectivity index (χ1) is 19.7. The van der Waals surface area contributed by atoms with Crippen molar-refractivity contribution in [2.45, 2.75) is 19.1 Å². The van der Waals surface area contributed by atoms with Gasteiger partial charge in [-0.1, -0.05) is 54.6 Å². The van der Waals surface area contributed by atoms with E-state index in [0.717, 1.165) is 21.3 Å². The molecule has 0 aliphatic rings. The van der Waals surface area contributed by atoms with E-state index in [2.05, 4.69) is 25.7 Å². The molecule has 4 aromatic heterocycles. The summed E-state index contributed by atoms with van der Waals surface area (Å²) in [6, 6.07) is 24.9. The van der Waals surface area contributed by atoms with Crippen LogP contribution in [0.3, 0.4) is 0 Å². The highest BCUT2D eigenvalue weighted by Crippen LogP contribution is 2.30. The number of carbonyl (C=O) groups excluding carboxylic acids is 2. The fourth-order valence-corrected chi connectivity index (χ4v) is 4.99. The second-order valence-corrected chi connectivity index (χ2v) is 9.84. The van der Waals surface area contributed by atoms with E-state index < -0.39 is 17.9 Å². The largest absolute Gasteiger partial charge is 0.467 e. The van der Waals surface area contributed by atoms with Crippen molar-refractivity contribution in [2.24, 2.45) is 0 Å². The zero-order chi connectivity index (χ0) is 27.3. The number of nitrogens with zero attached hydrogens (tertiary/aromatic N) is 6. The summed E-state index contributed by atoms with van der Waals surface area (Å²) < 4.78 is 5.69. The number of hydrogen-bond acceptors (Lipinski definition) is 8. The summed E-state index contributed by atoms with van der Waals surface area (Å²) in [6.45, 7) is 0.0259. The number of pyridine rings is 1. The first-order valence-corrected chi connectivity index (χ1v) is 13.4. The van der Waals surface area contributed by atoms with Gasteiger partial charge >= 0.3 is 0 Å². The van der Waals surface area contributed by atoms with Crippen molar-refractivity contribution >= 4 is 39.7 Å². The standard InChI is InChI=1S/C29H23N7O3S/c37-26(19-35-33-28(32-34-35)25-13-7-15-40-25)36(22-16-21-10-4-5-11-23(21)30-18-22)27(24-12-6-14-39-24)29(38)31-17-20-8-2-1-3-9-20/h1-16,18,27H,17,19H2,(H,31,38)/t27-/m0/s1. The molecule has 0 unspecified atom stereocenters. The molecule has 4 heterocycles. The summed E-state index contributed by atoms with van der Waals surface area (Å²) in [4.78, 5) is 35.8. The van der Waals surface area contributed by atoms with Gasteiger partial charge in [0, 0.05) is 11.9 Å². The summed E-state index contributed by atoms with van der Waals surface area (Å²) in [5.74, 6) is -0.127. The van der Waals surface area contributed by atoms with E-state index in [-0.39, 0.29) is 13.1 Å². The van der Waals surface area contributed by atoms with E-state index in [0.29, 0.717) is 17.3 Å². The van der Waals surface area contributed by atoms with Crippen LogP contribution in [0.15, 0.2) is 107 Å². The Bertz CT molecular complexity index is 1730. The van der Waals surface area contributed by atoms with Crippen molar-refractivity contribution < 1.29 is 14.0 Å². The molecule has 0 saturated heterocycles. The van der Waals surface area contributed by atoms with E-state index >= 15 is 0 Å². The first kappa shape index (κ1) is 25.1. The Morgan fingerprint density at radius 1 is 1.00 bits per heavy atom. The molecule has 1 N–H and O–H groups in total. The molecule has 11 heteroatoms. The molecule has 0 radical (unpaired) electrons. The number of carbonyl (C=O) groups is 2. The van der Waals surface area contributed by atoms with Crippen molar-refractivity contribution in [1.29, 1.82) is 0 Å². The molecule has 198 valence electrons. The van der Waals surface area contributed by atoms with Crippen LogP contribution in [-0.4, -0.2) is 37.0 Å². The summed E-state index contributed by atoms with van der Waals surface area (Å²) in [5, 5.41) is 18.2. The normalized spacial score (nSPS) is 11.8. The van der Waals surface area contributed by atoms with Gasteiger partial charge in [0.1, 0.15) is 12.3 Å². The van der Waals surface area contributed by atoms with Crippen LogP contribution in [-0.2, 0) is 22.7 Å². The lowest BCUT2D eigenvalue weighted by Crippen LogP contribution is -2.45. The number of para-hydroxylation sites is 1. The van der Waals surface area contributed by atoms with Gasteiger partial charge in [-0.05, 0) is 46.5 Å². The Hall–Kier alpha value is -5.16. The van der Waals surface area contributed by atoms with Gasteiger partial charge in [0.2, 0.25) is 5.82 Å². The molecule has 10 nitrogen and oxygen atoms in total. The van der Waals surface area contributed by atoms with E-state index in [9.17, 15) is 9.59 Å². The number of nitrogens with one attached hydrogen (secondary N) is 1. The Labute approximate surface area is 232 Å². The van der Waals surface area contributed by atoms with Gasteiger partial charge in [-0.15, -0.1) is 21.5 Å². The zero-order valence-corrected chi connectivity index (χ0v) is 21.9. The highest BCUT2D eigenvalue weighted by atomic mass is 32.1. The summed E-state index contributed by atoms with van der Waals surface area (Å²) >= 11 is 1.48. The maximum atomic E-state index is 14.0. The van der Waals surface area contributed by atoms with Gasteiger partial charge in [-0.3, -0.25) is 19.5 Å². The second-order valence-electron chi connectivity index (χ2n) is 8.89. The number of thiophene rings is 1. The van der Waals surface area contributed by atoms with Crippen molar-refractivity contribution in [3.05, 3.63) is 114 Å². The summed E-state index contributed by atoms with van der Waals surface area (Å²) in [7, 11) is 0. The highest BCUT2D eigenvalue weighted by molar-refractivity contribution is 7.13. The number of furan rings is 1. The van der Waals surface area contributed by atoms with Gasteiger partial charge < -0.3 is 9.73 Å². The van der Waals surface area contributed by atoms with E-state index in [1.807, 2.05) is 78.2 Å². The average molecular weight is 550 g/mol. The average Bonchev–Trinajstić information content (AvgIpc) is 3.78. The van der Waals surface area contributed by atoms with Gasteiger partial charge in [0.25, 0.3) is 11.8 Å². The minimum absolute atomic E-state index is 0.256. The Kier molecular flexibility index (Phi) is 7.10. The Morgan fingerprint density at radius 3 is 2.65 bits per heavy atom. The number of aromatic nitrogens is 5. The van der Waals surface area contributed by atoms with Crippen LogP contribution < -0.4 is 10.2 Å². The topological polar surface area (TPSA) is 119 Å². The molecule has 6 aromatic rings. The van der Waals surface area contributed by atoms with Crippen LogP contribution in [0.2, 0.25) is 0 Å². The van der Waals surface area contributed by atoms with Gasteiger partial charge in [-0.25, -0.2) is 0 Å². The third kappa shape index (κ3) is 5.36. The maximum Gasteiger partial charge on any atom is 0.251 e. The minimum Gasteiger partial charge on any atom is -0.467 e. The molecule has 2 amide bonds. The van der Waals surface area contributed by atoms with Crippen LogP contribution in [0.4, 0.5) is 5.69 Å². The molecule has 6 rings (SSSR count). The number of tetrazole rings is 1. The van der Waals surface area contributed by atoms with E-state index in [1.54, 1.807) is 18.3 Å². The minimum atomic E-state index is -1.12. The van der Waals surface area contributed by atoms with Gasteiger partial charge in [0.05, 0.1) is 28.5 Å². The van der Waals surface area contributed by atoms with Crippen LogP contribution in [0, 0.1) is 0 Å². The molecular weight excluding hydrogens is 526 g/mol. The predicted octanol–water partition coefficient (Wildman–Crippen LogP) is 4.63. The smallest absolute Gasteiger partial charge is 0.251 e. The molecule has 0 spiro atoms. The molecular formula is C29H23N7O3S. The molecule has 0 bridgehead atoms. The fourth-order valence-electron chi connectivity index (χ4n) is 4.34. The number of rotatable bonds is 9. The van der Waals surface area contributed by atoms with Crippen molar-refractivity contribution in [1.82, 2.24) is 30.5 Å². The highest BCUT2D eigenvalue weighted by Gasteiger charge is 2.35. The second kappa shape index (κ2) is 11.3. The monoisotopic (exact) mass is 549 g/mol. The fraction of sp³-hybridized carbons (Fsp3) is 0.103. The Morgan fingerprint density at radius 2 is 1.85 bits per heavy atom. The SMILES string of the molecule is O=C(NCc1ccccc1)[C@H](c1ccco1)N(C(=O)Cn1nnc(-c2cccs2)n1)c1cnc2ccccc2c1. The summed E-state index contributed by atoms with van der Waals surface area (Å²) in [5.41, 5.74) is 2.12. The summed E-state index contributed by atoms with van der Waals surface area (Å²) in [6.07, 6.45) is 3.05. The van der Waals surface area contributed by atoms with E-state index in [4.69, 9.17) is 4.42 Å². The molecule has 0 fully saturated rings. The first-order valence-electron chi connectivity index (χ1n) is 12.5. The maximum absolute atomic E-state index is 14.0. The van der Waals surface area contributed by atoms with Crippen LogP contribution in [0.25, 0.3) is 21.6 Å². The molecule has 0 aliphatic carbocycles. The molecule has 40 heavy (non-hydrogen) atoms. The lowest BCUT2D eigenvalue weighted by molar-refractivity contribution is -0.127. The van der Waals surface area contributed by atoms with Crippen molar-refractivity contribution in [3.8, 4) is 10.7 Å². The van der Waals surface area contributed by atoms with Crippen molar-refractivity contribution in [3.63, 3.8) is 0 Å². The quantitative estimate of drug-likeness (QED) is 0.279. The molecule has 0 aliphatic heterocycles.